The quantitative estimate of drug-likeness (QED) is 0.847. The van der Waals surface area contributed by atoms with Crippen molar-refractivity contribution in [1.82, 2.24) is 4.90 Å². The van der Waals surface area contributed by atoms with E-state index in [2.05, 4.69) is 10.2 Å². The van der Waals surface area contributed by atoms with Gasteiger partial charge in [-0.25, -0.2) is 0 Å². The van der Waals surface area contributed by atoms with E-state index in [-0.39, 0.29) is 17.7 Å². The van der Waals surface area contributed by atoms with Crippen LogP contribution in [0.2, 0.25) is 0 Å². The third-order valence-corrected chi connectivity index (χ3v) is 5.82. The summed E-state index contributed by atoms with van der Waals surface area (Å²) in [6, 6.07) is 9.78. The number of carbonyl (C=O) groups excluding carboxylic acids is 2. The van der Waals surface area contributed by atoms with Gasteiger partial charge in [-0.2, -0.15) is 0 Å². The number of rotatable bonds is 5. The Morgan fingerprint density at radius 1 is 1.31 bits per heavy atom. The second-order valence-electron chi connectivity index (χ2n) is 6.91. The molecule has 0 aliphatic carbocycles. The number of nitrogens with zero attached hydrogens (tertiary/aromatic N) is 1. The van der Waals surface area contributed by atoms with Crippen molar-refractivity contribution < 1.29 is 9.59 Å². The number of piperidine rings is 1. The molecule has 0 bridgehead atoms. The van der Waals surface area contributed by atoms with Gasteiger partial charge in [-0.3, -0.25) is 14.5 Å². The Morgan fingerprint density at radius 3 is 2.77 bits per heavy atom. The van der Waals surface area contributed by atoms with Crippen LogP contribution >= 0.6 is 11.3 Å². The molecule has 1 saturated heterocycles. The Balaban J connectivity index is 1.73. The van der Waals surface area contributed by atoms with E-state index in [1.165, 1.54) is 0 Å². The van der Waals surface area contributed by atoms with Gasteiger partial charge < -0.3 is 11.1 Å². The van der Waals surface area contributed by atoms with Gasteiger partial charge in [0, 0.05) is 28.5 Å². The maximum Gasteiger partial charge on any atom is 0.256 e. The fraction of sp³-hybridized carbons (Fsp3) is 0.400. The smallest absolute Gasteiger partial charge is 0.256 e. The van der Waals surface area contributed by atoms with Gasteiger partial charge in [0.1, 0.15) is 0 Å². The SMILES string of the molecule is Cc1cc(C(=O)Nc2ccccc2CN2CCCC(C(N)=O)C2)c(C)s1. The highest BCUT2D eigenvalue weighted by molar-refractivity contribution is 7.12. The molecule has 1 atom stereocenters. The van der Waals surface area contributed by atoms with Crippen LogP contribution in [0, 0.1) is 19.8 Å². The average Bonchev–Trinajstić information content (AvgIpc) is 2.95. The summed E-state index contributed by atoms with van der Waals surface area (Å²) in [6.45, 7) is 6.29. The molecular weight excluding hydrogens is 346 g/mol. The summed E-state index contributed by atoms with van der Waals surface area (Å²) < 4.78 is 0. The van der Waals surface area contributed by atoms with Crippen molar-refractivity contribution in [1.29, 1.82) is 0 Å². The lowest BCUT2D eigenvalue weighted by molar-refractivity contribution is -0.123. The number of thiophene rings is 1. The molecule has 2 aromatic rings. The van der Waals surface area contributed by atoms with Crippen molar-refractivity contribution in [3.05, 3.63) is 51.2 Å². The van der Waals surface area contributed by atoms with Gasteiger partial charge in [0.15, 0.2) is 0 Å². The normalized spacial score (nSPS) is 17.8. The molecule has 1 aliphatic rings. The first kappa shape index (κ1) is 18.6. The monoisotopic (exact) mass is 371 g/mol. The number of aryl methyl sites for hydroxylation is 2. The number of para-hydroxylation sites is 1. The number of hydrogen-bond acceptors (Lipinski definition) is 4. The molecule has 1 aliphatic heterocycles. The van der Waals surface area contributed by atoms with Gasteiger partial charge in [0.05, 0.1) is 11.5 Å². The lowest BCUT2D eigenvalue weighted by atomic mass is 9.97. The minimum Gasteiger partial charge on any atom is -0.369 e. The molecule has 3 rings (SSSR count). The van der Waals surface area contributed by atoms with Crippen LogP contribution < -0.4 is 11.1 Å². The number of nitrogens with one attached hydrogen (secondary N) is 1. The molecule has 0 radical (unpaired) electrons. The number of benzene rings is 1. The summed E-state index contributed by atoms with van der Waals surface area (Å²) in [5.74, 6) is -0.380. The number of nitrogens with two attached hydrogens (primary N) is 1. The Hall–Kier alpha value is -2.18. The van der Waals surface area contributed by atoms with E-state index < -0.39 is 0 Å². The van der Waals surface area contributed by atoms with Crippen LogP contribution in [0.3, 0.4) is 0 Å². The van der Waals surface area contributed by atoms with Crippen molar-refractivity contribution in [3.8, 4) is 0 Å². The number of hydrogen-bond donors (Lipinski definition) is 2. The third kappa shape index (κ3) is 4.31. The molecule has 1 aromatic carbocycles. The van der Waals surface area contributed by atoms with Crippen LogP contribution in [0.15, 0.2) is 30.3 Å². The number of likely N-dealkylation sites (tertiary alicyclic amines) is 1. The first-order valence-corrected chi connectivity index (χ1v) is 9.73. The zero-order valence-corrected chi connectivity index (χ0v) is 16.1. The highest BCUT2D eigenvalue weighted by Gasteiger charge is 2.24. The van der Waals surface area contributed by atoms with Gasteiger partial charge in [-0.1, -0.05) is 18.2 Å². The number of carbonyl (C=O) groups is 2. The summed E-state index contributed by atoms with van der Waals surface area (Å²) in [5, 5.41) is 3.05. The van der Waals surface area contributed by atoms with E-state index >= 15 is 0 Å². The second-order valence-corrected chi connectivity index (χ2v) is 8.38. The van der Waals surface area contributed by atoms with Crippen LogP contribution in [0.4, 0.5) is 5.69 Å². The molecule has 3 N–H and O–H groups in total. The molecular formula is C20H25N3O2S. The molecule has 1 aromatic heterocycles. The van der Waals surface area contributed by atoms with E-state index in [1.54, 1.807) is 11.3 Å². The molecule has 5 nitrogen and oxygen atoms in total. The first-order chi connectivity index (χ1) is 12.4. The number of anilines is 1. The van der Waals surface area contributed by atoms with Crippen LogP contribution in [-0.4, -0.2) is 29.8 Å². The molecule has 0 saturated carbocycles. The van der Waals surface area contributed by atoms with Gasteiger partial charge in [-0.05, 0) is 50.9 Å². The van der Waals surface area contributed by atoms with E-state index in [1.807, 2.05) is 44.2 Å². The Bertz CT molecular complexity index is 815. The maximum absolute atomic E-state index is 12.7. The van der Waals surface area contributed by atoms with E-state index in [4.69, 9.17) is 5.73 Å². The molecule has 0 spiro atoms. The fourth-order valence-electron chi connectivity index (χ4n) is 3.50. The molecule has 1 fully saturated rings. The average molecular weight is 372 g/mol. The minimum atomic E-state index is -0.223. The molecule has 1 unspecified atom stereocenters. The Kier molecular flexibility index (Phi) is 5.74. The summed E-state index contributed by atoms with van der Waals surface area (Å²) in [7, 11) is 0. The van der Waals surface area contributed by atoms with Crippen molar-refractivity contribution in [2.45, 2.75) is 33.2 Å². The lowest BCUT2D eigenvalue weighted by Crippen LogP contribution is -2.40. The Labute approximate surface area is 158 Å². The molecule has 2 heterocycles. The second kappa shape index (κ2) is 8.01. The van der Waals surface area contributed by atoms with Crippen molar-refractivity contribution >= 4 is 28.8 Å². The van der Waals surface area contributed by atoms with Crippen LogP contribution in [0.5, 0.6) is 0 Å². The van der Waals surface area contributed by atoms with Crippen LogP contribution in [0.1, 0.15) is 38.5 Å². The highest BCUT2D eigenvalue weighted by Crippen LogP contribution is 2.25. The van der Waals surface area contributed by atoms with Crippen molar-refractivity contribution in [2.24, 2.45) is 11.7 Å². The zero-order chi connectivity index (χ0) is 18.7. The topological polar surface area (TPSA) is 75.4 Å². The van der Waals surface area contributed by atoms with E-state index in [0.29, 0.717) is 13.1 Å². The maximum atomic E-state index is 12.7. The van der Waals surface area contributed by atoms with Crippen LogP contribution in [-0.2, 0) is 11.3 Å². The van der Waals surface area contributed by atoms with Crippen LogP contribution in [0.25, 0.3) is 0 Å². The molecule has 138 valence electrons. The third-order valence-electron chi connectivity index (χ3n) is 4.85. The summed E-state index contributed by atoms with van der Waals surface area (Å²) >= 11 is 1.63. The minimum absolute atomic E-state index is 0.0760. The van der Waals surface area contributed by atoms with E-state index in [9.17, 15) is 9.59 Å². The molecule has 26 heavy (non-hydrogen) atoms. The zero-order valence-electron chi connectivity index (χ0n) is 15.2. The van der Waals surface area contributed by atoms with Crippen molar-refractivity contribution in [2.75, 3.05) is 18.4 Å². The predicted molar refractivity (Wildman–Crippen MR) is 105 cm³/mol. The summed E-state index contributed by atoms with van der Waals surface area (Å²) in [5.41, 5.74) is 8.08. The van der Waals surface area contributed by atoms with Gasteiger partial charge >= 0.3 is 0 Å². The summed E-state index contributed by atoms with van der Waals surface area (Å²) in [6.07, 6.45) is 1.83. The fourth-order valence-corrected chi connectivity index (χ4v) is 4.42. The highest BCUT2D eigenvalue weighted by atomic mass is 32.1. The van der Waals surface area contributed by atoms with Gasteiger partial charge in [-0.15, -0.1) is 11.3 Å². The standard InChI is InChI=1S/C20H25N3O2S/c1-13-10-17(14(2)26-13)20(25)22-18-8-4-3-6-15(18)11-23-9-5-7-16(12-23)19(21)24/h3-4,6,8,10,16H,5,7,9,11-12H2,1-2H3,(H2,21,24)(H,22,25). The summed E-state index contributed by atoms with van der Waals surface area (Å²) in [4.78, 5) is 28.5. The molecule has 2 amide bonds. The van der Waals surface area contributed by atoms with Crippen molar-refractivity contribution in [3.63, 3.8) is 0 Å². The lowest BCUT2D eigenvalue weighted by Gasteiger charge is -2.31. The number of amides is 2. The van der Waals surface area contributed by atoms with Gasteiger partial charge in [0.25, 0.3) is 5.91 Å². The largest absolute Gasteiger partial charge is 0.369 e. The Morgan fingerprint density at radius 2 is 2.08 bits per heavy atom. The number of primary amides is 1. The first-order valence-electron chi connectivity index (χ1n) is 8.92. The van der Waals surface area contributed by atoms with E-state index in [0.717, 1.165) is 46.0 Å². The molecule has 6 heteroatoms. The predicted octanol–water partition coefficient (Wildman–Crippen LogP) is 3.31. The van der Waals surface area contributed by atoms with Gasteiger partial charge in [0.2, 0.25) is 5.91 Å².